The van der Waals surface area contributed by atoms with Gasteiger partial charge in [0.05, 0.1) is 12.1 Å². The maximum atomic E-state index is 13.5. The van der Waals surface area contributed by atoms with Crippen LogP contribution in [-0.4, -0.2) is 22.2 Å². The highest BCUT2D eigenvalue weighted by atomic mass is 19.4. The summed E-state index contributed by atoms with van der Waals surface area (Å²) in [6.45, 7) is -0.00911. The van der Waals surface area contributed by atoms with Crippen molar-refractivity contribution in [2.75, 3.05) is 6.54 Å². The molecule has 3 rings (SSSR count). The maximum absolute atomic E-state index is 13.5. The number of benzene rings is 1. The molecule has 2 aromatic rings. The average Bonchev–Trinajstić information content (AvgIpc) is 3.26. The summed E-state index contributed by atoms with van der Waals surface area (Å²) in [5.41, 5.74) is -0.819. The lowest BCUT2D eigenvalue weighted by Crippen LogP contribution is -2.28. The third kappa shape index (κ3) is 3.97. The lowest BCUT2D eigenvalue weighted by molar-refractivity contribution is -0.141. The quantitative estimate of drug-likeness (QED) is 0.831. The van der Waals surface area contributed by atoms with Gasteiger partial charge in [0, 0.05) is 24.2 Å². The molecule has 0 radical (unpaired) electrons. The van der Waals surface area contributed by atoms with Crippen molar-refractivity contribution in [3.63, 3.8) is 0 Å². The van der Waals surface area contributed by atoms with Gasteiger partial charge < -0.3 is 5.32 Å². The van der Waals surface area contributed by atoms with Gasteiger partial charge in [0.2, 0.25) is 0 Å². The Bertz CT molecular complexity index is 796. The summed E-state index contributed by atoms with van der Waals surface area (Å²) < 4.78 is 66.0. The van der Waals surface area contributed by atoms with E-state index in [2.05, 4.69) is 10.4 Å². The van der Waals surface area contributed by atoms with Crippen LogP contribution in [0.15, 0.2) is 24.3 Å². The number of carbonyl (C=O) groups excluding carboxylic acids is 1. The van der Waals surface area contributed by atoms with Gasteiger partial charge >= 0.3 is 6.18 Å². The molecule has 0 saturated heterocycles. The van der Waals surface area contributed by atoms with Crippen molar-refractivity contribution in [3.8, 4) is 0 Å². The summed E-state index contributed by atoms with van der Waals surface area (Å²) in [6, 6.07) is 3.57. The molecule has 0 bridgehead atoms. The molecular formula is C16H14F5N3O. The van der Waals surface area contributed by atoms with E-state index in [0.29, 0.717) is 11.8 Å². The van der Waals surface area contributed by atoms with Crippen LogP contribution in [0.25, 0.3) is 0 Å². The highest BCUT2D eigenvalue weighted by molar-refractivity contribution is 5.94. The van der Waals surface area contributed by atoms with Crippen molar-refractivity contribution in [3.05, 3.63) is 52.9 Å². The topological polar surface area (TPSA) is 46.9 Å². The van der Waals surface area contributed by atoms with Gasteiger partial charge in [0.25, 0.3) is 5.91 Å². The molecule has 1 aliphatic rings. The first kappa shape index (κ1) is 17.4. The van der Waals surface area contributed by atoms with Crippen molar-refractivity contribution in [1.82, 2.24) is 15.1 Å². The first-order chi connectivity index (χ1) is 11.8. The van der Waals surface area contributed by atoms with Crippen molar-refractivity contribution >= 4 is 5.91 Å². The molecule has 0 spiro atoms. The van der Waals surface area contributed by atoms with Crippen LogP contribution >= 0.6 is 0 Å². The Morgan fingerprint density at radius 1 is 1.24 bits per heavy atom. The molecule has 9 heteroatoms. The minimum Gasteiger partial charge on any atom is -0.350 e. The summed E-state index contributed by atoms with van der Waals surface area (Å²) in [6.07, 6.45) is -2.93. The first-order valence-corrected chi connectivity index (χ1v) is 7.64. The summed E-state index contributed by atoms with van der Waals surface area (Å²) >= 11 is 0. The fourth-order valence-corrected chi connectivity index (χ4v) is 2.50. The second kappa shape index (κ2) is 6.45. The zero-order valence-corrected chi connectivity index (χ0v) is 12.9. The lowest BCUT2D eigenvalue weighted by Gasteiger charge is -2.09. The molecule has 25 heavy (non-hydrogen) atoms. The SMILES string of the molecule is O=C(NCCn1nc(C(F)(F)F)cc1C1CC1)c1ccc(F)cc1F. The Kier molecular flexibility index (Phi) is 4.49. The summed E-state index contributed by atoms with van der Waals surface area (Å²) in [7, 11) is 0. The van der Waals surface area contributed by atoms with Crippen LogP contribution in [0.5, 0.6) is 0 Å². The standard InChI is InChI=1S/C16H14F5N3O/c17-10-3-4-11(12(18)7-10)15(25)22-5-6-24-13(9-1-2-9)8-14(23-24)16(19,20)21/h3-4,7-9H,1-2,5-6H2,(H,22,25). The summed E-state index contributed by atoms with van der Waals surface area (Å²) in [5, 5.41) is 5.96. The fraction of sp³-hybridized carbons (Fsp3) is 0.375. The van der Waals surface area contributed by atoms with Gasteiger partial charge in [0.1, 0.15) is 11.6 Å². The molecule has 1 aromatic heterocycles. The zero-order valence-electron chi connectivity index (χ0n) is 12.9. The number of halogens is 5. The van der Waals surface area contributed by atoms with Crippen LogP contribution in [0.2, 0.25) is 0 Å². The number of alkyl halides is 3. The average molecular weight is 359 g/mol. The van der Waals surface area contributed by atoms with E-state index in [1.165, 1.54) is 4.68 Å². The second-order valence-corrected chi connectivity index (χ2v) is 5.83. The lowest BCUT2D eigenvalue weighted by atomic mass is 10.2. The minimum absolute atomic E-state index is 0.0243. The predicted octanol–water partition coefficient (Wildman–Crippen LogP) is 3.49. The third-order valence-electron chi connectivity index (χ3n) is 3.88. The molecule has 4 nitrogen and oxygen atoms in total. The van der Waals surface area contributed by atoms with Crippen molar-refractivity contribution < 1.29 is 26.7 Å². The molecule has 1 N–H and O–H groups in total. The number of amides is 1. The highest BCUT2D eigenvalue weighted by Gasteiger charge is 2.37. The van der Waals surface area contributed by atoms with Crippen molar-refractivity contribution in [1.29, 1.82) is 0 Å². The van der Waals surface area contributed by atoms with Gasteiger partial charge in [-0.25, -0.2) is 8.78 Å². The van der Waals surface area contributed by atoms with E-state index in [1.807, 2.05) is 0 Å². The number of hydrogen-bond donors (Lipinski definition) is 1. The monoisotopic (exact) mass is 359 g/mol. The van der Waals surface area contributed by atoms with Crippen LogP contribution in [0.3, 0.4) is 0 Å². The molecule has 1 heterocycles. The number of rotatable bonds is 5. The molecule has 1 aromatic carbocycles. The number of nitrogens with zero attached hydrogens (tertiary/aromatic N) is 2. The number of hydrogen-bond acceptors (Lipinski definition) is 2. The molecule has 1 amide bonds. The van der Waals surface area contributed by atoms with Crippen molar-refractivity contribution in [2.24, 2.45) is 0 Å². The van der Waals surface area contributed by atoms with Gasteiger partial charge in [-0.2, -0.15) is 18.3 Å². The Morgan fingerprint density at radius 3 is 2.56 bits per heavy atom. The third-order valence-corrected chi connectivity index (χ3v) is 3.88. The van der Waals surface area contributed by atoms with E-state index >= 15 is 0 Å². The smallest absolute Gasteiger partial charge is 0.350 e. The van der Waals surface area contributed by atoms with Gasteiger partial charge in [-0.05, 0) is 31.0 Å². The van der Waals surface area contributed by atoms with Gasteiger partial charge in [-0.1, -0.05) is 0 Å². The molecule has 0 unspecified atom stereocenters. The van der Waals surface area contributed by atoms with Gasteiger partial charge in [-0.3, -0.25) is 9.48 Å². The molecule has 0 atom stereocenters. The van der Waals surface area contributed by atoms with Crippen LogP contribution in [0.1, 0.15) is 40.5 Å². The summed E-state index contributed by atoms with van der Waals surface area (Å²) in [4.78, 5) is 11.9. The highest BCUT2D eigenvalue weighted by Crippen LogP contribution is 2.42. The fourth-order valence-electron chi connectivity index (χ4n) is 2.50. The Hall–Kier alpha value is -2.45. The first-order valence-electron chi connectivity index (χ1n) is 7.64. The van der Waals surface area contributed by atoms with Crippen LogP contribution in [-0.2, 0) is 12.7 Å². The number of nitrogens with one attached hydrogen (secondary N) is 1. The van der Waals surface area contributed by atoms with Crippen LogP contribution in [0, 0.1) is 11.6 Å². The normalized spacial score (nSPS) is 14.6. The Morgan fingerprint density at radius 2 is 1.96 bits per heavy atom. The van der Waals surface area contributed by atoms with Crippen molar-refractivity contribution in [2.45, 2.75) is 31.5 Å². The van der Waals surface area contributed by atoms with E-state index in [0.717, 1.165) is 31.0 Å². The molecule has 134 valence electrons. The molecule has 1 saturated carbocycles. The van der Waals surface area contributed by atoms with E-state index in [4.69, 9.17) is 0 Å². The Labute approximate surface area is 139 Å². The minimum atomic E-state index is -4.53. The second-order valence-electron chi connectivity index (χ2n) is 5.83. The molecule has 1 fully saturated rings. The van der Waals surface area contributed by atoms with Gasteiger partial charge in [-0.15, -0.1) is 0 Å². The number of carbonyl (C=O) groups is 1. The van der Waals surface area contributed by atoms with E-state index in [1.54, 1.807) is 0 Å². The molecule has 0 aliphatic heterocycles. The number of aromatic nitrogens is 2. The van der Waals surface area contributed by atoms with E-state index in [9.17, 15) is 26.7 Å². The predicted molar refractivity (Wildman–Crippen MR) is 77.9 cm³/mol. The largest absolute Gasteiger partial charge is 0.435 e. The Balaban J connectivity index is 1.65. The van der Waals surface area contributed by atoms with E-state index < -0.39 is 29.4 Å². The zero-order chi connectivity index (χ0) is 18.2. The summed E-state index contributed by atoms with van der Waals surface area (Å²) in [5.74, 6) is -2.53. The van der Waals surface area contributed by atoms with Crippen LogP contribution < -0.4 is 5.32 Å². The molecule has 1 aliphatic carbocycles. The maximum Gasteiger partial charge on any atom is 0.435 e. The van der Waals surface area contributed by atoms with Gasteiger partial charge in [0.15, 0.2) is 5.69 Å². The molecular weight excluding hydrogens is 345 g/mol. The van der Waals surface area contributed by atoms with E-state index in [-0.39, 0.29) is 24.6 Å². The van der Waals surface area contributed by atoms with Crippen LogP contribution in [0.4, 0.5) is 22.0 Å².